The van der Waals surface area contributed by atoms with Crippen LogP contribution in [0.25, 0.3) is 0 Å². The van der Waals surface area contributed by atoms with Gasteiger partial charge in [0.15, 0.2) is 0 Å². The molecule has 0 aliphatic heterocycles. The van der Waals surface area contributed by atoms with Gasteiger partial charge < -0.3 is 0 Å². The van der Waals surface area contributed by atoms with Gasteiger partial charge in [-0.05, 0) is 40.2 Å². The van der Waals surface area contributed by atoms with Crippen molar-refractivity contribution in [3.8, 4) is 0 Å². The van der Waals surface area contributed by atoms with Crippen molar-refractivity contribution in [1.29, 1.82) is 0 Å². The first kappa shape index (κ1) is 12.9. The Morgan fingerprint density at radius 2 is 1.62 bits per heavy atom. The molecule has 1 atom stereocenters. The van der Waals surface area contributed by atoms with Gasteiger partial charge in [-0.25, -0.2) is 9.78 Å². The molecule has 0 aromatic heterocycles. The summed E-state index contributed by atoms with van der Waals surface area (Å²) in [4.78, 5) is 10.7. The molecule has 0 aromatic rings. The second-order valence-electron chi connectivity index (χ2n) is 4.91. The maximum absolute atomic E-state index is 5.41. The van der Waals surface area contributed by atoms with Gasteiger partial charge in [0, 0.05) is 10.2 Å². The monoisotopic (exact) mass is 202 g/mol. The van der Waals surface area contributed by atoms with Gasteiger partial charge in [-0.2, -0.15) is 0 Å². The first-order valence-corrected chi connectivity index (χ1v) is 5.84. The second-order valence-corrected chi connectivity index (χ2v) is 6.15. The van der Waals surface area contributed by atoms with Crippen LogP contribution in [0.2, 0.25) is 5.54 Å². The number of hydrogen-bond donors (Lipinski definition) is 0. The van der Waals surface area contributed by atoms with E-state index >= 15 is 0 Å². The predicted octanol–water partition coefficient (Wildman–Crippen LogP) is 1.85. The van der Waals surface area contributed by atoms with Crippen LogP contribution in [0.5, 0.6) is 0 Å². The summed E-state index contributed by atoms with van der Waals surface area (Å²) in [6.07, 6.45) is 1.93. The molecular formula is C10H22O2Si. The van der Waals surface area contributed by atoms with Gasteiger partial charge in [-0.3, -0.25) is 0 Å². The van der Waals surface area contributed by atoms with E-state index in [1.807, 2.05) is 40.7 Å². The Kier molecular flexibility index (Phi) is 4.36. The zero-order valence-electron chi connectivity index (χ0n) is 9.68. The molecule has 1 unspecified atom stereocenters. The van der Waals surface area contributed by atoms with Crippen LogP contribution >= 0.6 is 0 Å². The lowest BCUT2D eigenvalue weighted by atomic mass is 10.1. The molecule has 2 nitrogen and oxygen atoms in total. The van der Waals surface area contributed by atoms with Gasteiger partial charge in [-0.1, -0.05) is 6.08 Å². The molecule has 0 spiro atoms. The van der Waals surface area contributed by atoms with Gasteiger partial charge in [0.05, 0.1) is 5.60 Å². The SMILES string of the molecule is C=CC([SiH3])C(C)(C)OOC(C)(C)C. The Labute approximate surface area is 84.7 Å². The van der Waals surface area contributed by atoms with E-state index in [0.29, 0.717) is 5.54 Å². The largest absolute Gasteiger partial charge is 0.230 e. The van der Waals surface area contributed by atoms with Gasteiger partial charge >= 0.3 is 0 Å². The van der Waals surface area contributed by atoms with E-state index in [0.717, 1.165) is 10.2 Å². The lowest BCUT2D eigenvalue weighted by Crippen LogP contribution is -2.34. The third-order valence-corrected chi connectivity index (χ3v) is 3.82. The van der Waals surface area contributed by atoms with Crippen molar-refractivity contribution in [3.63, 3.8) is 0 Å². The molecule has 0 amide bonds. The topological polar surface area (TPSA) is 18.5 Å². The van der Waals surface area contributed by atoms with Gasteiger partial charge in [-0.15, -0.1) is 6.58 Å². The summed E-state index contributed by atoms with van der Waals surface area (Å²) in [5.74, 6) is 0. The van der Waals surface area contributed by atoms with Crippen molar-refractivity contribution in [2.75, 3.05) is 0 Å². The number of rotatable bonds is 4. The van der Waals surface area contributed by atoms with Crippen molar-refractivity contribution in [1.82, 2.24) is 0 Å². The summed E-state index contributed by atoms with van der Waals surface area (Å²) in [6.45, 7) is 13.7. The van der Waals surface area contributed by atoms with Gasteiger partial charge in [0.25, 0.3) is 0 Å². The molecule has 78 valence electrons. The second kappa shape index (κ2) is 4.40. The fourth-order valence-electron chi connectivity index (χ4n) is 0.592. The first-order valence-electron chi connectivity index (χ1n) is 4.68. The van der Waals surface area contributed by atoms with Gasteiger partial charge in [0.2, 0.25) is 0 Å². The molecule has 0 heterocycles. The van der Waals surface area contributed by atoms with Crippen molar-refractivity contribution >= 4 is 10.2 Å². The quantitative estimate of drug-likeness (QED) is 0.300. The van der Waals surface area contributed by atoms with Crippen LogP contribution in [0.1, 0.15) is 34.6 Å². The molecule has 0 bridgehead atoms. The summed E-state index contributed by atoms with van der Waals surface area (Å²) >= 11 is 0. The van der Waals surface area contributed by atoms with Crippen LogP contribution in [0.3, 0.4) is 0 Å². The molecule has 0 aliphatic rings. The predicted molar refractivity (Wildman–Crippen MR) is 59.9 cm³/mol. The highest BCUT2D eigenvalue weighted by Gasteiger charge is 2.28. The van der Waals surface area contributed by atoms with Crippen LogP contribution < -0.4 is 0 Å². The molecule has 0 N–H and O–H groups in total. The van der Waals surface area contributed by atoms with Gasteiger partial charge in [0.1, 0.15) is 5.60 Å². The van der Waals surface area contributed by atoms with E-state index in [9.17, 15) is 0 Å². The van der Waals surface area contributed by atoms with Crippen molar-refractivity contribution in [3.05, 3.63) is 12.7 Å². The third-order valence-electron chi connectivity index (χ3n) is 1.96. The Balaban J connectivity index is 4.10. The van der Waals surface area contributed by atoms with E-state index in [2.05, 4.69) is 6.58 Å². The highest BCUT2D eigenvalue weighted by molar-refractivity contribution is 6.13. The summed E-state index contributed by atoms with van der Waals surface area (Å²) < 4.78 is 0. The van der Waals surface area contributed by atoms with E-state index in [-0.39, 0.29) is 11.2 Å². The lowest BCUT2D eigenvalue weighted by Gasteiger charge is -2.31. The highest BCUT2D eigenvalue weighted by Crippen LogP contribution is 2.26. The molecule has 0 saturated heterocycles. The lowest BCUT2D eigenvalue weighted by molar-refractivity contribution is -0.396. The van der Waals surface area contributed by atoms with E-state index in [1.165, 1.54) is 0 Å². The molecular weight excluding hydrogens is 180 g/mol. The molecule has 0 fully saturated rings. The van der Waals surface area contributed by atoms with E-state index < -0.39 is 0 Å². The fraction of sp³-hybridized carbons (Fsp3) is 0.800. The van der Waals surface area contributed by atoms with Crippen LogP contribution in [0.15, 0.2) is 12.7 Å². The summed E-state index contributed by atoms with van der Waals surface area (Å²) in [6, 6.07) is 0. The maximum Gasteiger partial charge on any atom is 0.101 e. The maximum atomic E-state index is 5.41. The van der Waals surface area contributed by atoms with Crippen LogP contribution in [0, 0.1) is 0 Å². The Morgan fingerprint density at radius 1 is 1.15 bits per heavy atom. The molecule has 0 rings (SSSR count). The highest BCUT2D eigenvalue weighted by atomic mass is 28.1. The zero-order chi connectivity index (χ0) is 10.7. The minimum atomic E-state index is -0.263. The molecule has 0 aromatic carbocycles. The minimum absolute atomic E-state index is 0.250. The zero-order valence-corrected chi connectivity index (χ0v) is 11.7. The third kappa shape index (κ3) is 5.24. The fourth-order valence-corrected chi connectivity index (χ4v) is 0.688. The molecule has 0 radical (unpaired) electrons. The van der Waals surface area contributed by atoms with Crippen LogP contribution in [-0.2, 0) is 9.78 Å². The average Bonchev–Trinajstić information content (AvgIpc) is 1.98. The molecule has 0 saturated carbocycles. The van der Waals surface area contributed by atoms with E-state index in [4.69, 9.17) is 9.78 Å². The van der Waals surface area contributed by atoms with Crippen molar-refractivity contribution in [2.24, 2.45) is 0 Å². The molecule has 13 heavy (non-hydrogen) atoms. The number of hydrogen-bond acceptors (Lipinski definition) is 2. The molecule has 0 aliphatic carbocycles. The smallest absolute Gasteiger partial charge is 0.101 e. The van der Waals surface area contributed by atoms with Crippen molar-refractivity contribution in [2.45, 2.75) is 51.4 Å². The normalized spacial score (nSPS) is 15.8. The summed E-state index contributed by atoms with van der Waals surface area (Å²) in [7, 11) is 1.03. The van der Waals surface area contributed by atoms with E-state index in [1.54, 1.807) is 0 Å². The summed E-state index contributed by atoms with van der Waals surface area (Å²) in [5.41, 5.74) is -0.115. The average molecular weight is 202 g/mol. The van der Waals surface area contributed by atoms with Crippen LogP contribution in [-0.4, -0.2) is 21.4 Å². The van der Waals surface area contributed by atoms with Crippen LogP contribution in [0.4, 0.5) is 0 Å². The first-order chi connectivity index (χ1) is 5.69. The Morgan fingerprint density at radius 3 is 1.92 bits per heavy atom. The Bertz CT molecular complexity index is 170. The molecule has 3 heteroatoms. The van der Waals surface area contributed by atoms with Crippen molar-refractivity contribution < 1.29 is 9.78 Å². The minimum Gasteiger partial charge on any atom is -0.230 e. The Hall–Kier alpha value is -0.123. The summed E-state index contributed by atoms with van der Waals surface area (Å²) in [5, 5.41) is 0. The standard InChI is InChI=1S/C10H22O2Si/c1-7-8(13)10(5,6)12-11-9(2,3)4/h7-8H,1H2,2-6,13H3.